The van der Waals surface area contributed by atoms with Gasteiger partial charge in [-0.1, -0.05) is 6.92 Å². The molecule has 2 heterocycles. The fourth-order valence-electron chi connectivity index (χ4n) is 1.48. The number of pyridine rings is 1. The highest BCUT2D eigenvalue weighted by atomic mass is 19.1. The van der Waals surface area contributed by atoms with Gasteiger partial charge >= 0.3 is 0 Å². The second-order valence-electron chi connectivity index (χ2n) is 3.62. The molecule has 0 atom stereocenters. The van der Waals surface area contributed by atoms with E-state index in [1.54, 1.807) is 12.3 Å². The number of nitrogens with zero attached hydrogens (tertiary/aromatic N) is 4. The van der Waals surface area contributed by atoms with E-state index in [-0.39, 0.29) is 11.6 Å². The molecule has 0 amide bonds. The third kappa shape index (κ3) is 2.65. The molecule has 2 aromatic rings. The Labute approximate surface area is 98.7 Å². The van der Waals surface area contributed by atoms with Crippen molar-refractivity contribution in [1.82, 2.24) is 25.1 Å². The van der Waals surface area contributed by atoms with E-state index < -0.39 is 0 Å². The van der Waals surface area contributed by atoms with E-state index in [0.717, 1.165) is 13.0 Å². The summed E-state index contributed by atoms with van der Waals surface area (Å²) in [5.74, 6) is -0.181. The van der Waals surface area contributed by atoms with Gasteiger partial charge in [-0.25, -0.2) is 14.4 Å². The molecular weight excluding hydrogens is 221 g/mol. The van der Waals surface area contributed by atoms with Crippen LogP contribution in [0.1, 0.15) is 18.9 Å². The lowest BCUT2D eigenvalue weighted by molar-refractivity contribution is 0.566. The molecule has 0 radical (unpaired) electrons. The lowest BCUT2D eigenvalue weighted by Crippen LogP contribution is -2.16. The lowest BCUT2D eigenvalue weighted by atomic mass is 10.2. The van der Waals surface area contributed by atoms with E-state index in [1.165, 1.54) is 17.3 Å². The van der Waals surface area contributed by atoms with E-state index in [1.807, 2.05) is 0 Å². The summed E-state index contributed by atoms with van der Waals surface area (Å²) in [6, 6.07) is 1.67. The number of rotatable bonds is 5. The maximum atomic E-state index is 14.1. The largest absolute Gasteiger partial charge is 0.313 e. The number of hydrogen-bond acceptors (Lipinski definition) is 4. The number of nitrogens with one attached hydrogen (secondary N) is 1. The molecule has 0 aliphatic rings. The van der Waals surface area contributed by atoms with E-state index in [4.69, 9.17) is 0 Å². The fourth-order valence-corrected chi connectivity index (χ4v) is 1.48. The van der Waals surface area contributed by atoms with Crippen molar-refractivity contribution < 1.29 is 4.39 Å². The summed E-state index contributed by atoms with van der Waals surface area (Å²) in [6.45, 7) is 3.42. The molecule has 6 heteroatoms. The average Bonchev–Trinajstić information content (AvgIpc) is 2.85. The predicted molar refractivity (Wildman–Crippen MR) is 61.1 cm³/mol. The standard InChI is InChI=1S/C11H14FN5/c1-2-4-13-6-9-3-5-15-11(10(9)12)17-8-14-7-16-17/h3,5,7-8,13H,2,4,6H2,1H3. The van der Waals surface area contributed by atoms with Crippen molar-refractivity contribution in [3.63, 3.8) is 0 Å². The molecule has 2 rings (SSSR count). The Balaban J connectivity index is 2.21. The summed E-state index contributed by atoms with van der Waals surface area (Å²) in [4.78, 5) is 7.74. The van der Waals surface area contributed by atoms with Gasteiger partial charge in [-0.05, 0) is 19.0 Å². The second-order valence-corrected chi connectivity index (χ2v) is 3.62. The zero-order valence-electron chi connectivity index (χ0n) is 9.60. The van der Waals surface area contributed by atoms with Crippen LogP contribution < -0.4 is 5.32 Å². The van der Waals surface area contributed by atoms with Gasteiger partial charge in [-0.15, -0.1) is 0 Å². The van der Waals surface area contributed by atoms with Crippen LogP contribution in [-0.2, 0) is 6.54 Å². The van der Waals surface area contributed by atoms with Crippen molar-refractivity contribution in [3.05, 3.63) is 36.3 Å². The van der Waals surface area contributed by atoms with Gasteiger partial charge in [-0.3, -0.25) is 0 Å². The molecule has 0 unspecified atom stereocenters. The minimum Gasteiger partial charge on any atom is -0.313 e. The molecular formula is C11H14FN5. The van der Waals surface area contributed by atoms with Crippen LogP contribution in [0.3, 0.4) is 0 Å². The number of halogens is 1. The summed E-state index contributed by atoms with van der Waals surface area (Å²) >= 11 is 0. The van der Waals surface area contributed by atoms with Crippen LogP contribution in [-0.4, -0.2) is 26.3 Å². The normalized spacial score (nSPS) is 10.7. The van der Waals surface area contributed by atoms with Crippen molar-refractivity contribution in [2.24, 2.45) is 0 Å². The van der Waals surface area contributed by atoms with Gasteiger partial charge in [0.05, 0.1) is 0 Å². The van der Waals surface area contributed by atoms with E-state index >= 15 is 0 Å². The van der Waals surface area contributed by atoms with Crippen LogP contribution in [0.2, 0.25) is 0 Å². The van der Waals surface area contributed by atoms with Crippen LogP contribution in [0, 0.1) is 5.82 Å². The highest BCUT2D eigenvalue weighted by Gasteiger charge is 2.11. The van der Waals surface area contributed by atoms with Gasteiger partial charge in [0.25, 0.3) is 0 Å². The molecule has 0 bridgehead atoms. The minimum atomic E-state index is -0.360. The monoisotopic (exact) mass is 235 g/mol. The molecule has 0 fully saturated rings. The molecule has 0 aliphatic heterocycles. The Hall–Kier alpha value is -1.82. The molecule has 0 aromatic carbocycles. The summed E-state index contributed by atoms with van der Waals surface area (Å²) in [5, 5.41) is 7.02. The second kappa shape index (κ2) is 5.49. The van der Waals surface area contributed by atoms with Gasteiger partial charge in [0, 0.05) is 18.3 Å². The number of aromatic nitrogens is 4. The van der Waals surface area contributed by atoms with Crippen LogP contribution in [0.5, 0.6) is 0 Å². The summed E-state index contributed by atoms with van der Waals surface area (Å²) in [6.07, 6.45) is 5.36. The Bertz CT molecular complexity index is 469. The van der Waals surface area contributed by atoms with Crippen molar-refractivity contribution in [3.8, 4) is 5.82 Å². The first-order valence-corrected chi connectivity index (χ1v) is 5.52. The van der Waals surface area contributed by atoms with Gasteiger partial charge in [0.15, 0.2) is 11.6 Å². The van der Waals surface area contributed by atoms with Crippen molar-refractivity contribution in [2.75, 3.05) is 6.54 Å². The molecule has 0 aliphatic carbocycles. The molecule has 5 nitrogen and oxygen atoms in total. The van der Waals surface area contributed by atoms with Crippen molar-refractivity contribution in [2.45, 2.75) is 19.9 Å². The molecule has 17 heavy (non-hydrogen) atoms. The fraction of sp³-hybridized carbons (Fsp3) is 0.364. The van der Waals surface area contributed by atoms with Crippen LogP contribution >= 0.6 is 0 Å². The minimum absolute atomic E-state index is 0.179. The van der Waals surface area contributed by atoms with Crippen LogP contribution in [0.4, 0.5) is 4.39 Å². The topological polar surface area (TPSA) is 55.6 Å². The smallest absolute Gasteiger partial charge is 0.191 e. The molecule has 0 spiro atoms. The Morgan fingerprint density at radius 2 is 2.35 bits per heavy atom. The zero-order valence-corrected chi connectivity index (χ0v) is 9.60. The molecule has 90 valence electrons. The molecule has 1 N–H and O–H groups in total. The summed E-state index contributed by atoms with van der Waals surface area (Å²) in [5.41, 5.74) is 0.582. The van der Waals surface area contributed by atoms with Gasteiger partial charge < -0.3 is 5.32 Å². The van der Waals surface area contributed by atoms with Gasteiger partial charge in [0.1, 0.15) is 12.7 Å². The SMILES string of the molecule is CCCNCc1ccnc(-n2cncn2)c1F. The first-order chi connectivity index (χ1) is 8.33. The van der Waals surface area contributed by atoms with Gasteiger partial charge in [-0.2, -0.15) is 9.78 Å². The molecule has 2 aromatic heterocycles. The van der Waals surface area contributed by atoms with E-state index in [0.29, 0.717) is 12.1 Å². The first-order valence-electron chi connectivity index (χ1n) is 5.52. The Kier molecular flexibility index (Phi) is 3.77. The predicted octanol–water partition coefficient (Wildman–Crippen LogP) is 1.30. The lowest BCUT2D eigenvalue weighted by Gasteiger charge is -2.07. The van der Waals surface area contributed by atoms with E-state index in [9.17, 15) is 4.39 Å². The highest BCUT2D eigenvalue weighted by Crippen LogP contribution is 2.13. The first kappa shape index (κ1) is 11.7. The highest BCUT2D eigenvalue weighted by molar-refractivity contribution is 5.29. The molecule has 0 saturated carbocycles. The van der Waals surface area contributed by atoms with E-state index in [2.05, 4.69) is 27.3 Å². The maximum absolute atomic E-state index is 14.1. The van der Waals surface area contributed by atoms with Crippen molar-refractivity contribution in [1.29, 1.82) is 0 Å². The average molecular weight is 235 g/mol. The maximum Gasteiger partial charge on any atom is 0.191 e. The van der Waals surface area contributed by atoms with Gasteiger partial charge in [0.2, 0.25) is 0 Å². The third-order valence-corrected chi connectivity index (χ3v) is 2.33. The zero-order chi connectivity index (χ0) is 12.1. The van der Waals surface area contributed by atoms with Crippen molar-refractivity contribution >= 4 is 0 Å². The van der Waals surface area contributed by atoms with Crippen LogP contribution in [0.15, 0.2) is 24.9 Å². The Morgan fingerprint density at radius 3 is 3.06 bits per heavy atom. The number of hydrogen-bond donors (Lipinski definition) is 1. The summed E-state index contributed by atoms with van der Waals surface area (Å²) in [7, 11) is 0. The Morgan fingerprint density at radius 1 is 1.47 bits per heavy atom. The van der Waals surface area contributed by atoms with Crippen LogP contribution in [0.25, 0.3) is 5.82 Å². The molecule has 0 saturated heterocycles. The third-order valence-electron chi connectivity index (χ3n) is 2.33. The summed E-state index contributed by atoms with van der Waals surface area (Å²) < 4.78 is 15.4. The quantitative estimate of drug-likeness (QED) is 0.794.